The van der Waals surface area contributed by atoms with Gasteiger partial charge in [-0.3, -0.25) is 9.89 Å². The number of aliphatic imine (C=N–C) groups is 1. The Morgan fingerprint density at radius 1 is 1.15 bits per heavy atom. The van der Waals surface area contributed by atoms with Crippen molar-refractivity contribution in [2.45, 2.75) is 39.3 Å². The van der Waals surface area contributed by atoms with Crippen molar-refractivity contribution < 1.29 is 9.47 Å². The molecule has 6 heteroatoms. The molecule has 1 rings (SSSR count). The first-order valence-electron chi connectivity index (χ1n) is 10.00. The molecule has 27 heavy (non-hydrogen) atoms. The van der Waals surface area contributed by atoms with Crippen LogP contribution in [0.1, 0.15) is 32.3 Å². The second-order valence-corrected chi connectivity index (χ2v) is 6.68. The SMILES string of the molecule is CCNC(=NCCCOCCOC)NCCC(C)N(C)Cc1ccccc1. The van der Waals surface area contributed by atoms with Gasteiger partial charge in [-0.15, -0.1) is 0 Å². The lowest BCUT2D eigenvalue weighted by atomic mass is 10.1. The van der Waals surface area contributed by atoms with Gasteiger partial charge >= 0.3 is 0 Å². The largest absolute Gasteiger partial charge is 0.382 e. The number of hydrogen-bond donors (Lipinski definition) is 2. The number of methoxy groups -OCH3 is 1. The Morgan fingerprint density at radius 2 is 1.93 bits per heavy atom. The maximum absolute atomic E-state index is 5.46. The third kappa shape index (κ3) is 11.6. The van der Waals surface area contributed by atoms with Gasteiger partial charge in [0.1, 0.15) is 0 Å². The summed E-state index contributed by atoms with van der Waals surface area (Å²) in [5.41, 5.74) is 1.35. The van der Waals surface area contributed by atoms with Crippen LogP contribution in [0.2, 0.25) is 0 Å². The summed E-state index contributed by atoms with van der Waals surface area (Å²) in [5, 5.41) is 6.73. The number of nitrogens with one attached hydrogen (secondary N) is 2. The smallest absolute Gasteiger partial charge is 0.191 e. The molecule has 0 radical (unpaired) electrons. The van der Waals surface area contributed by atoms with Crippen LogP contribution >= 0.6 is 0 Å². The standard InChI is InChI=1S/C21H38N4O2/c1-5-22-21(23-13-9-15-27-17-16-26-4)24-14-12-19(2)25(3)18-20-10-7-6-8-11-20/h6-8,10-11,19H,5,9,12-18H2,1-4H3,(H2,22,23,24). The highest BCUT2D eigenvalue weighted by molar-refractivity contribution is 5.79. The van der Waals surface area contributed by atoms with Gasteiger partial charge in [-0.05, 0) is 39.3 Å². The van der Waals surface area contributed by atoms with Crippen LogP contribution in [0.4, 0.5) is 0 Å². The average molecular weight is 379 g/mol. The molecule has 0 aliphatic carbocycles. The monoisotopic (exact) mass is 378 g/mol. The van der Waals surface area contributed by atoms with E-state index in [0.717, 1.165) is 45.0 Å². The predicted molar refractivity (Wildman–Crippen MR) is 113 cm³/mol. The van der Waals surface area contributed by atoms with E-state index in [1.165, 1.54) is 5.56 Å². The Balaban J connectivity index is 2.24. The molecule has 0 heterocycles. The Hall–Kier alpha value is -1.63. The highest BCUT2D eigenvalue weighted by Crippen LogP contribution is 2.07. The highest BCUT2D eigenvalue weighted by Gasteiger charge is 2.09. The lowest BCUT2D eigenvalue weighted by molar-refractivity contribution is 0.0702. The van der Waals surface area contributed by atoms with Crippen molar-refractivity contribution in [3.63, 3.8) is 0 Å². The molecule has 6 nitrogen and oxygen atoms in total. The molecule has 0 saturated heterocycles. The second-order valence-electron chi connectivity index (χ2n) is 6.68. The molecule has 1 aromatic carbocycles. The van der Waals surface area contributed by atoms with E-state index in [9.17, 15) is 0 Å². The van der Waals surface area contributed by atoms with Gasteiger partial charge in [0.2, 0.25) is 0 Å². The number of benzene rings is 1. The lowest BCUT2D eigenvalue weighted by Crippen LogP contribution is -2.40. The van der Waals surface area contributed by atoms with Gasteiger partial charge < -0.3 is 20.1 Å². The molecule has 1 atom stereocenters. The fourth-order valence-electron chi connectivity index (χ4n) is 2.59. The summed E-state index contributed by atoms with van der Waals surface area (Å²) in [6.07, 6.45) is 1.98. The normalized spacial score (nSPS) is 13.0. The van der Waals surface area contributed by atoms with Gasteiger partial charge in [0.05, 0.1) is 13.2 Å². The van der Waals surface area contributed by atoms with Gasteiger partial charge in [0.25, 0.3) is 0 Å². The van der Waals surface area contributed by atoms with Crippen molar-refractivity contribution in [1.82, 2.24) is 15.5 Å². The van der Waals surface area contributed by atoms with Crippen molar-refractivity contribution >= 4 is 5.96 Å². The molecule has 1 aromatic rings. The molecule has 0 amide bonds. The minimum absolute atomic E-state index is 0.495. The molecule has 0 aliphatic heterocycles. The number of guanidine groups is 1. The van der Waals surface area contributed by atoms with Crippen molar-refractivity contribution in [3.05, 3.63) is 35.9 Å². The van der Waals surface area contributed by atoms with Crippen LogP contribution in [-0.4, -0.2) is 70.5 Å². The maximum atomic E-state index is 5.46. The maximum Gasteiger partial charge on any atom is 0.191 e. The summed E-state index contributed by atoms with van der Waals surface area (Å²) in [4.78, 5) is 7.00. The summed E-state index contributed by atoms with van der Waals surface area (Å²) < 4.78 is 10.4. The van der Waals surface area contributed by atoms with E-state index < -0.39 is 0 Å². The Kier molecular flexibility index (Phi) is 13.4. The van der Waals surface area contributed by atoms with Gasteiger partial charge in [0.15, 0.2) is 5.96 Å². The molecule has 154 valence electrons. The first kappa shape index (κ1) is 23.4. The van der Waals surface area contributed by atoms with Gasteiger partial charge in [-0.25, -0.2) is 0 Å². The fourth-order valence-corrected chi connectivity index (χ4v) is 2.59. The summed E-state index contributed by atoms with van der Waals surface area (Å²) >= 11 is 0. The number of nitrogens with zero attached hydrogens (tertiary/aromatic N) is 2. The van der Waals surface area contributed by atoms with Gasteiger partial charge in [-0.2, -0.15) is 0 Å². The van der Waals surface area contributed by atoms with E-state index in [2.05, 4.69) is 71.8 Å². The molecule has 0 saturated carbocycles. The number of rotatable bonds is 14. The summed E-state index contributed by atoms with van der Waals surface area (Å²) in [6.45, 7) is 9.85. The summed E-state index contributed by atoms with van der Waals surface area (Å²) in [5.74, 6) is 0.882. The minimum Gasteiger partial charge on any atom is -0.382 e. The van der Waals surface area contributed by atoms with E-state index in [4.69, 9.17) is 9.47 Å². The first-order chi connectivity index (χ1) is 13.2. The van der Waals surface area contributed by atoms with Crippen molar-refractivity contribution in [3.8, 4) is 0 Å². The van der Waals surface area contributed by atoms with Crippen LogP contribution in [-0.2, 0) is 16.0 Å². The predicted octanol–water partition coefficient (Wildman–Crippen LogP) is 2.51. The van der Waals surface area contributed by atoms with Crippen LogP contribution in [0.3, 0.4) is 0 Å². The Morgan fingerprint density at radius 3 is 2.63 bits per heavy atom. The zero-order chi connectivity index (χ0) is 19.7. The highest BCUT2D eigenvalue weighted by atomic mass is 16.5. The van der Waals surface area contributed by atoms with E-state index in [-0.39, 0.29) is 0 Å². The minimum atomic E-state index is 0.495. The van der Waals surface area contributed by atoms with Crippen molar-refractivity contribution in [2.75, 3.05) is 53.6 Å². The van der Waals surface area contributed by atoms with Crippen molar-refractivity contribution in [2.24, 2.45) is 4.99 Å². The zero-order valence-electron chi connectivity index (χ0n) is 17.5. The van der Waals surface area contributed by atoms with Crippen molar-refractivity contribution in [1.29, 1.82) is 0 Å². The molecular weight excluding hydrogens is 340 g/mol. The number of hydrogen-bond acceptors (Lipinski definition) is 4. The fraction of sp³-hybridized carbons (Fsp3) is 0.667. The molecule has 0 fully saturated rings. The summed E-state index contributed by atoms with van der Waals surface area (Å²) in [6, 6.07) is 11.1. The third-order valence-corrected chi connectivity index (χ3v) is 4.37. The van der Waals surface area contributed by atoms with Crippen LogP contribution in [0.5, 0.6) is 0 Å². The molecule has 2 N–H and O–H groups in total. The quantitative estimate of drug-likeness (QED) is 0.296. The van der Waals surface area contributed by atoms with E-state index >= 15 is 0 Å². The van der Waals surface area contributed by atoms with Gasteiger partial charge in [-0.1, -0.05) is 30.3 Å². The second kappa shape index (κ2) is 15.4. The van der Waals surface area contributed by atoms with E-state index in [0.29, 0.717) is 25.9 Å². The van der Waals surface area contributed by atoms with Gasteiger partial charge in [0, 0.05) is 45.9 Å². The molecule has 0 aromatic heterocycles. The van der Waals surface area contributed by atoms with E-state index in [1.807, 2.05) is 0 Å². The molecule has 0 bridgehead atoms. The molecule has 0 aliphatic rings. The lowest BCUT2D eigenvalue weighted by Gasteiger charge is -2.25. The Bertz CT molecular complexity index is 496. The average Bonchev–Trinajstić information content (AvgIpc) is 2.67. The first-order valence-corrected chi connectivity index (χ1v) is 10.00. The summed E-state index contributed by atoms with van der Waals surface area (Å²) in [7, 11) is 3.86. The van der Waals surface area contributed by atoms with Crippen LogP contribution in [0.25, 0.3) is 0 Å². The zero-order valence-corrected chi connectivity index (χ0v) is 17.5. The Labute approximate surface area is 165 Å². The molecule has 1 unspecified atom stereocenters. The topological polar surface area (TPSA) is 58.1 Å². The van der Waals surface area contributed by atoms with Crippen LogP contribution in [0, 0.1) is 0 Å². The third-order valence-electron chi connectivity index (χ3n) is 4.37. The van der Waals surface area contributed by atoms with Crippen LogP contribution in [0.15, 0.2) is 35.3 Å². The number of ether oxygens (including phenoxy) is 2. The van der Waals surface area contributed by atoms with E-state index in [1.54, 1.807) is 7.11 Å². The molecule has 0 spiro atoms. The van der Waals surface area contributed by atoms with Crippen LogP contribution < -0.4 is 10.6 Å². The molecular formula is C21H38N4O2.